The topological polar surface area (TPSA) is 52.7 Å². The van der Waals surface area contributed by atoms with Crippen molar-refractivity contribution in [3.8, 4) is 0 Å². The first-order valence-corrected chi connectivity index (χ1v) is 9.28. The minimum absolute atomic E-state index is 0.0642. The maximum absolute atomic E-state index is 11.9. The summed E-state index contributed by atoms with van der Waals surface area (Å²) in [6.07, 6.45) is 7.53. The zero-order valence-corrected chi connectivity index (χ0v) is 14.9. The van der Waals surface area contributed by atoms with Crippen molar-refractivity contribution in [3.05, 3.63) is 35.9 Å². The number of amides is 2. The molecule has 0 aromatic heterocycles. The SMILES string of the molecule is CCN(CCNC(=O)/C=C/c1ccc(N2CCCC2=O)cc1)C1CC1. The van der Waals surface area contributed by atoms with Gasteiger partial charge in [-0.05, 0) is 49.6 Å². The molecule has 3 rings (SSSR count). The van der Waals surface area contributed by atoms with Gasteiger partial charge in [0.2, 0.25) is 11.8 Å². The summed E-state index contributed by atoms with van der Waals surface area (Å²) in [5, 5.41) is 2.94. The summed E-state index contributed by atoms with van der Waals surface area (Å²) in [5.74, 6) is 0.126. The van der Waals surface area contributed by atoms with E-state index in [0.29, 0.717) is 13.0 Å². The smallest absolute Gasteiger partial charge is 0.244 e. The molecule has 1 heterocycles. The van der Waals surface area contributed by atoms with Crippen molar-refractivity contribution in [1.29, 1.82) is 0 Å². The van der Waals surface area contributed by atoms with Crippen LogP contribution in [-0.2, 0) is 9.59 Å². The third-order valence-electron chi connectivity index (χ3n) is 4.87. The number of nitrogens with one attached hydrogen (secondary N) is 1. The molecule has 1 aliphatic carbocycles. The van der Waals surface area contributed by atoms with Crippen molar-refractivity contribution in [2.45, 2.75) is 38.6 Å². The van der Waals surface area contributed by atoms with Gasteiger partial charge in [-0.15, -0.1) is 0 Å². The van der Waals surface area contributed by atoms with E-state index in [2.05, 4.69) is 17.1 Å². The van der Waals surface area contributed by atoms with Gasteiger partial charge >= 0.3 is 0 Å². The molecule has 0 atom stereocenters. The Morgan fingerprint density at radius 1 is 1.32 bits per heavy atom. The van der Waals surface area contributed by atoms with Crippen LogP contribution in [0.3, 0.4) is 0 Å². The van der Waals surface area contributed by atoms with Crippen LogP contribution in [0.15, 0.2) is 30.3 Å². The van der Waals surface area contributed by atoms with Crippen LogP contribution >= 0.6 is 0 Å². The molecule has 2 aliphatic rings. The molecule has 1 saturated heterocycles. The predicted octanol–water partition coefficient (Wildman–Crippen LogP) is 2.43. The highest BCUT2D eigenvalue weighted by Gasteiger charge is 2.27. The first kappa shape index (κ1) is 17.7. The lowest BCUT2D eigenvalue weighted by atomic mass is 10.2. The summed E-state index contributed by atoms with van der Waals surface area (Å²) in [4.78, 5) is 27.9. The Balaban J connectivity index is 1.44. The van der Waals surface area contributed by atoms with Crippen molar-refractivity contribution < 1.29 is 9.59 Å². The summed E-state index contributed by atoms with van der Waals surface area (Å²) in [7, 11) is 0. The summed E-state index contributed by atoms with van der Waals surface area (Å²) >= 11 is 0. The average Bonchev–Trinajstić information content (AvgIpc) is 3.38. The normalized spacial score (nSPS) is 17.7. The minimum Gasteiger partial charge on any atom is -0.351 e. The summed E-state index contributed by atoms with van der Waals surface area (Å²) in [6, 6.07) is 8.50. The van der Waals surface area contributed by atoms with E-state index in [9.17, 15) is 9.59 Å². The van der Waals surface area contributed by atoms with E-state index in [0.717, 1.165) is 43.3 Å². The molecule has 0 radical (unpaired) electrons. The van der Waals surface area contributed by atoms with Gasteiger partial charge < -0.3 is 10.2 Å². The van der Waals surface area contributed by atoms with Crippen LogP contribution in [0.5, 0.6) is 0 Å². The van der Waals surface area contributed by atoms with Crippen molar-refractivity contribution >= 4 is 23.6 Å². The molecule has 5 nitrogen and oxygen atoms in total. The molecule has 1 aliphatic heterocycles. The van der Waals surface area contributed by atoms with Gasteiger partial charge in [-0.3, -0.25) is 14.5 Å². The molecule has 25 heavy (non-hydrogen) atoms. The molecule has 134 valence electrons. The first-order chi connectivity index (χ1) is 12.2. The van der Waals surface area contributed by atoms with Gasteiger partial charge in [0.05, 0.1) is 0 Å². The van der Waals surface area contributed by atoms with Gasteiger partial charge in [0.1, 0.15) is 0 Å². The fraction of sp³-hybridized carbons (Fsp3) is 0.500. The molecule has 0 unspecified atom stereocenters. The van der Waals surface area contributed by atoms with Gasteiger partial charge in [-0.1, -0.05) is 19.1 Å². The Bertz CT molecular complexity index is 635. The highest BCUT2D eigenvalue weighted by molar-refractivity contribution is 5.95. The Kier molecular flexibility index (Phi) is 5.87. The maximum Gasteiger partial charge on any atom is 0.244 e. The number of nitrogens with zero attached hydrogens (tertiary/aromatic N) is 2. The number of hydrogen-bond acceptors (Lipinski definition) is 3. The summed E-state index contributed by atoms with van der Waals surface area (Å²) < 4.78 is 0. The molecule has 0 spiro atoms. The number of carbonyl (C=O) groups is 2. The second-order valence-electron chi connectivity index (χ2n) is 6.72. The Hall–Kier alpha value is -2.14. The number of rotatable bonds is 8. The van der Waals surface area contributed by atoms with Crippen LogP contribution < -0.4 is 10.2 Å². The van der Waals surface area contributed by atoms with Crippen LogP contribution in [0.1, 0.15) is 38.2 Å². The van der Waals surface area contributed by atoms with Gasteiger partial charge in [-0.25, -0.2) is 0 Å². The van der Waals surface area contributed by atoms with Gasteiger partial charge in [0, 0.05) is 43.9 Å². The monoisotopic (exact) mass is 341 g/mol. The summed E-state index contributed by atoms with van der Waals surface area (Å²) in [5.41, 5.74) is 1.89. The molecule has 0 bridgehead atoms. The van der Waals surface area contributed by atoms with Crippen LogP contribution in [0, 0.1) is 0 Å². The second-order valence-corrected chi connectivity index (χ2v) is 6.72. The van der Waals surface area contributed by atoms with Crippen LogP contribution in [-0.4, -0.2) is 48.9 Å². The number of likely N-dealkylation sites (N-methyl/N-ethyl adjacent to an activating group) is 1. The second kappa shape index (κ2) is 8.30. The standard InChI is InChI=1S/C20H27N3O2/c1-2-22(17-10-11-17)15-13-21-19(24)12-7-16-5-8-18(9-6-16)23-14-3-4-20(23)25/h5-9,12,17H,2-4,10-11,13-15H2,1H3,(H,21,24)/b12-7+. The number of hydrogen-bond donors (Lipinski definition) is 1. The Morgan fingerprint density at radius 2 is 2.08 bits per heavy atom. The van der Waals surface area contributed by atoms with E-state index in [1.165, 1.54) is 12.8 Å². The van der Waals surface area contributed by atoms with E-state index in [1.54, 1.807) is 6.08 Å². The highest BCUT2D eigenvalue weighted by atomic mass is 16.2. The molecule has 5 heteroatoms. The number of anilines is 1. The van der Waals surface area contributed by atoms with E-state index in [-0.39, 0.29) is 11.8 Å². The minimum atomic E-state index is -0.0642. The average molecular weight is 341 g/mol. The summed E-state index contributed by atoms with van der Waals surface area (Å²) in [6.45, 7) is 5.61. The quantitative estimate of drug-likeness (QED) is 0.739. The molecular formula is C20H27N3O2. The third kappa shape index (κ3) is 4.92. The van der Waals surface area contributed by atoms with E-state index in [1.807, 2.05) is 35.2 Å². The molecule has 1 aromatic carbocycles. The number of benzene rings is 1. The highest BCUT2D eigenvalue weighted by Crippen LogP contribution is 2.25. The molecular weight excluding hydrogens is 314 g/mol. The predicted molar refractivity (Wildman–Crippen MR) is 100 cm³/mol. The first-order valence-electron chi connectivity index (χ1n) is 9.28. The van der Waals surface area contributed by atoms with Gasteiger partial charge in [0.25, 0.3) is 0 Å². The Morgan fingerprint density at radius 3 is 2.68 bits per heavy atom. The van der Waals surface area contributed by atoms with Crippen molar-refractivity contribution in [3.63, 3.8) is 0 Å². The van der Waals surface area contributed by atoms with Crippen molar-refractivity contribution in [2.24, 2.45) is 0 Å². The van der Waals surface area contributed by atoms with E-state index >= 15 is 0 Å². The lowest BCUT2D eigenvalue weighted by Crippen LogP contribution is -2.35. The van der Waals surface area contributed by atoms with Crippen LogP contribution in [0.25, 0.3) is 6.08 Å². The molecule has 2 amide bonds. The molecule has 1 saturated carbocycles. The molecule has 1 aromatic rings. The third-order valence-corrected chi connectivity index (χ3v) is 4.87. The van der Waals surface area contributed by atoms with E-state index < -0.39 is 0 Å². The van der Waals surface area contributed by atoms with Crippen LogP contribution in [0.4, 0.5) is 5.69 Å². The van der Waals surface area contributed by atoms with Crippen LogP contribution in [0.2, 0.25) is 0 Å². The molecule has 1 N–H and O–H groups in total. The molecule has 2 fully saturated rings. The van der Waals surface area contributed by atoms with Gasteiger partial charge in [0.15, 0.2) is 0 Å². The van der Waals surface area contributed by atoms with Gasteiger partial charge in [-0.2, -0.15) is 0 Å². The lowest BCUT2D eigenvalue weighted by molar-refractivity contribution is -0.117. The van der Waals surface area contributed by atoms with Crippen molar-refractivity contribution in [1.82, 2.24) is 10.2 Å². The van der Waals surface area contributed by atoms with E-state index in [4.69, 9.17) is 0 Å². The maximum atomic E-state index is 11.9. The largest absolute Gasteiger partial charge is 0.351 e. The Labute approximate surface area is 149 Å². The zero-order chi connectivity index (χ0) is 17.6. The number of carbonyl (C=O) groups excluding carboxylic acids is 2. The zero-order valence-electron chi connectivity index (χ0n) is 14.9. The van der Waals surface area contributed by atoms with Crippen molar-refractivity contribution in [2.75, 3.05) is 31.1 Å². The fourth-order valence-corrected chi connectivity index (χ4v) is 3.28. The lowest BCUT2D eigenvalue weighted by Gasteiger charge is -2.19. The fourth-order valence-electron chi connectivity index (χ4n) is 3.28.